The van der Waals surface area contributed by atoms with Crippen molar-refractivity contribution in [2.45, 2.75) is 25.8 Å². The molecule has 96 valence electrons. The molecule has 2 rings (SSSR count). The van der Waals surface area contributed by atoms with Crippen molar-refractivity contribution < 1.29 is 14.3 Å². The van der Waals surface area contributed by atoms with Gasteiger partial charge in [-0.15, -0.1) is 0 Å². The zero-order valence-electron chi connectivity index (χ0n) is 10.4. The molecule has 0 saturated carbocycles. The van der Waals surface area contributed by atoms with Crippen LogP contribution >= 0.6 is 0 Å². The SMILES string of the molecule is C[C@H]1C(=O)OCCC[C@@H]1NC(=O)c1ccccc1. The van der Waals surface area contributed by atoms with Crippen LogP contribution in [0, 0.1) is 5.92 Å². The van der Waals surface area contributed by atoms with Gasteiger partial charge in [-0.2, -0.15) is 0 Å². The van der Waals surface area contributed by atoms with E-state index in [1.165, 1.54) is 0 Å². The van der Waals surface area contributed by atoms with E-state index in [0.717, 1.165) is 12.8 Å². The molecule has 0 bridgehead atoms. The largest absolute Gasteiger partial charge is 0.465 e. The van der Waals surface area contributed by atoms with E-state index in [1.807, 2.05) is 18.2 Å². The first-order valence-corrected chi connectivity index (χ1v) is 6.21. The van der Waals surface area contributed by atoms with Gasteiger partial charge in [0.05, 0.1) is 12.5 Å². The molecule has 0 unspecified atom stereocenters. The molecule has 1 saturated heterocycles. The van der Waals surface area contributed by atoms with Gasteiger partial charge in [-0.05, 0) is 31.9 Å². The number of esters is 1. The molecule has 1 heterocycles. The van der Waals surface area contributed by atoms with Crippen LogP contribution in [0.3, 0.4) is 0 Å². The van der Waals surface area contributed by atoms with E-state index in [2.05, 4.69) is 5.32 Å². The molecule has 1 aliphatic rings. The lowest BCUT2D eigenvalue weighted by molar-refractivity contribution is -0.147. The number of nitrogens with one attached hydrogen (secondary N) is 1. The fourth-order valence-electron chi connectivity index (χ4n) is 2.06. The Labute approximate surface area is 106 Å². The van der Waals surface area contributed by atoms with E-state index < -0.39 is 0 Å². The van der Waals surface area contributed by atoms with Crippen molar-refractivity contribution in [3.63, 3.8) is 0 Å². The van der Waals surface area contributed by atoms with Crippen molar-refractivity contribution >= 4 is 11.9 Å². The number of benzene rings is 1. The summed E-state index contributed by atoms with van der Waals surface area (Å²) in [4.78, 5) is 23.6. The maximum absolute atomic E-state index is 12.0. The van der Waals surface area contributed by atoms with Gasteiger partial charge in [-0.25, -0.2) is 0 Å². The van der Waals surface area contributed by atoms with E-state index in [9.17, 15) is 9.59 Å². The number of carbonyl (C=O) groups is 2. The van der Waals surface area contributed by atoms with Crippen molar-refractivity contribution in [2.75, 3.05) is 6.61 Å². The summed E-state index contributed by atoms with van der Waals surface area (Å²) in [5, 5.41) is 2.92. The predicted molar refractivity (Wildman–Crippen MR) is 67.1 cm³/mol. The Morgan fingerprint density at radius 3 is 2.78 bits per heavy atom. The van der Waals surface area contributed by atoms with Crippen LogP contribution in [0.15, 0.2) is 30.3 Å². The molecule has 4 heteroatoms. The number of carbonyl (C=O) groups excluding carboxylic acids is 2. The third-order valence-corrected chi connectivity index (χ3v) is 3.23. The minimum absolute atomic E-state index is 0.137. The molecule has 1 aromatic rings. The van der Waals surface area contributed by atoms with Gasteiger partial charge < -0.3 is 10.1 Å². The van der Waals surface area contributed by atoms with Gasteiger partial charge in [-0.1, -0.05) is 18.2 Å². The fourth-order valence-corrected chi connectivity index (χ4v) is 2.06. The van der Waals surface area contributed by atoms with Crippen molar-refractivity contribution in [1.29, 1.82) is 0 Å². The molecular formula is C14H17NO3. The summed E-state index contributed by atoms with van der Waals surface area (Å²) in [5.74, 6) is -0.659. The lowest BCUT2D eigenvalue weighted by Gasteiger charge is -2.20. The molecule has 0 spiro atoms. The summed E-state index contributed by atoms with van der Waals surface area (Å²) in [6.45, 7) is 2.24. The van der Waals surface area contributed by atoms with Crippen LogP contribution in [0.4, 0.5) is 0 Å². The van der Waals surface area contributed by atoms with Crippen molar-refractivity contribution in [3.05, 3.63) is 35.9 Å². The molecule has 0 radical (unpaired) electrons. The van der Waals surface area contributed by atoms with Gasteiger partial charge in [-0.3, -0.25) is 9.59 Å². The van der Waals surface area contributed by atoms with E-state index in [0.29, 0.717) is 12.2 Å². The number of amides is 1. The van der Waals surface area contributed by atoms with Gasteiger partial charge in [0.15, 0.2) is 0 Å². The van der Waals surface area contributed by atoms with Crippen LogP contribution in [-0.4, -0.2) is 24.5 Å². The first-order chi connectivity index (χ1) is 8.68. The highest BCUT2D eigenvalue weighted by Gasteiger charge is 2.29. The number of ether oxygens (including phenoxy) is 1. The molecular weight excluding hydrogens is 230 g/mol. The van der Waals surface area contributed by atoms with Crippen molar-refractivity contribution in [1.82, 2.24) is 5.32 Å². The van der Waals surface area contributed by atoms with E-state index in [4.69, 9.17) is 4.74 Å². The summed E-state index contributed by atoms with van der Waals surface area (Å²) in [7, 11) is 0. The van der Waals surface area contributed by atoms with Crippen LogP contribution < -0.4 is 5.32 Å². The summed E-state index contributed by atoms with van der Waals surface area (Å²) in [5.41, 5.74) is 0.613. The maximum atomic E-state index is 12.0. The molecule has 4 nitrogen and oxygen atoms in total. The van der Waals surface area contributed by atoms with Crippen LogP contribution in [-0.2, 0) is 9.53 Å². The first kappa shape index (κ1) is 12.6. The standard InChI is InChI=1S/C14H17NO3/c1-10-12(8-5-9-18-14(10)17)15-13(16)11-6-3-2-4-7-11/h2-4,6-7,10,12H,5,8-9H2,1H3,(H,15,16)/t10-,12+/m1/s1. The molecule has 0 aliphatic carbocycles. The van der Waals surface area contributed by atoms with Gasteiger partial charge >= 0.3 is 5.97 Å². The Kier molecular flexibility index (Phi) is 3.97. The lowest BCUT2D eigenvalue weighted by Crippen LogP contribution is -2.41. The Morgan fingerprint density at radius 1 is 1.33 bits per heavy atom. The molecule has 2 atom stereocenters. The second kappa shape index (κ2) is 5.67. The molecule has 18 heavy (non-hydrogen) atoms. The Balaban J connectivity index is 2.04. The maximum Gasteiger partial charge on any atom is 0.310 e. The second-order valence-corrected chi connectivity index (χ2v) is 4.54. The van der Waals surface area contributed by atoms with Crippen molar-refractivity contribution in [2.24, 2.45) is 5.92 Å². The summed E-state index contributed by atoms with van der Waals surface area (Å²) in [6, 6.07) is 8.87. The highest BCUT2D eigenvalue weighted by molar-refractivity contribution is 5.94. The molecule has 1 amide bonds. The smallest absolute Gasteiger partial charge is 0.310 e. The average Bonchev–Trinajstić information content (AvgIpc) is 2.55. The minimum atomic E-state index is -0.292. The Hall–Kier alpha value is -1.84. The van der Waals surface area contributed by atoms with Gasteiger partial charge in [0.2, 0.25) is 0 Å². The normalized spacial score (nSPS) is 23.9. The van der Waals surface area contributed by atoms with E-state index in [1.54, 1.807) is 19.1 Å². The van der Waals surface area contributed by atoms with Gasteiger partial charge in [0.1, 0.15) is 0 Å². The number of hydrogen-bond acceptors (Lipinski definition) is 3. The van der Waals surface area contributed by atoms with Crippen LogP contribution in [0.1, 0.15) is 30.1 Å². The molecule has 1 fully saturated rings. The van der Waals surface area contributed by atoms with Crippen LogP contribution in [0.25, 0.3) is 0 Å². The third kappa shape index (κ3) is 2.88. The predicted octanol–water partition coefficient (Wildman–Crippen LogP) is 1.76. The zero-order valence-corrected chi connectivity index (χ0v) is 10.4. The Morgan fingerprint density at radius 2 is 2.06 bits per heavy atom. The number of rotatable bonds is 2. The monoisotopic (exact) mass is 247 g/mol. The summed E-state index contributed by atoms with van der Waals surface area (Å²) < 4.78 is 5.04. The van der Waals surface area contributed by atoms with Crippen LogP contribution in [0.5, 0.6) is 0 Å². The molecule has 1 aromatic carbocycles. The van der Waals surface area contributed by atoms with Crippen molar-refractivity contribution in [3.8, 4) is 0 Å². The van der Waals surface area contributed by atoms with Crippen LogP contribution in [0.2, 0.25) is 0 Å². The highest BCUT2D eigenvalue weighted by atomic mass is 16.5. The zero-order chi connectivity index (χ0) is 13.0. The number of hydrogen-bond donors (Lipinski definition) is 1. The second-order valence-electron chi connectivity index (χ2n) is 4.54. The third-order valence-electron chi connectivity index (χ3n) is 3.23. The summed E-state index contributed by atoms with van der Waals surface area (Å²) >= 11 is 0. The quantitative estimate of drug-likeness (QED) is 0.810. The summed E-state index contributed by atoms with van der Waals surface area (Å²) in [6.07, 6.45) is 1.56. The van der Waals surface area contributed by atoms with E-state index >= 15 is 0 Å². The van der Waals surface area contributed by atoms with Gasteiger partial charge in [0.25, 0.3) is 5.91 Å². The molecule has 1 aliphatic heterocycles. The number of cyclic esters (lactones) is 1. The highest BCUT2D eigenvalue weighted by Crippen LogP contribution is 2.16. The molecule has 1 N–H and O–H groups in total. The minimum Gasteiger partial charge on any atom is -0.465 e. The average molecular weight is 247 g/mol. The first-order valence-electron chi connectivity index (χ1n) is 6.21. The van der Waals surface area contributed by atoms with E-state index in [-0.39, 0.29) is 23.8 Å². The lowest BCUT2D eigenvalue weighted by atomic mass is 9.98. The Bertz CT molecular complexity index is 430. The van der Waals surface area contributed by atoms with Gasteiger partial charge in [0, 0.05) is 11.6 Å². The fraction of sp³-hybridized carbons (Fsp3) is 0.429. The molecule has 0 aromatic heterocycles. The topological polar surface area (TPSA) is 55.4 Å².